The molecule has 1 aromatic carbocycles. The molecule has 1 heterocycles. The molecule has 1 saturated heterocycles. The molecule has 3 nitrogen and oxygen atoms in total. The number of rotatable bonds is 1. The maximum Gasteiger partial charge on any atom is 0.238 e. The third-order valence-electron chi connectivity index (χ3n) is 8.05. The summed E-state index contributed by atoms with van der Waals surface area (Å²) in [5.74, 6) is 1.84. The van der Waals surface area contributed by atoms with E-state index in [0.717, 1.165) is 5.69 Å². The quantitative estimate of drug-likeness (QED) is 0.445. The molecule has 2 saturated carbocycles. The summed E-state index contributed by atoms with van der Waals surface area (Å²) >= 11 is 0. The average Bonchev–Trinajstić information content (AvgIpc) is 3.35. The highest BCUT2D eigenvalue weighted by molar-refractivity contribution is 6.23. The molecule has 128 valence electrons. The third-order valence-corrected chi connectivity index (χ3v) is 8.05. The number of imide groups is 1. The second-order valence-electron chi connectivity index (χ2n) is 9.29. The third kappa shape index (κ3) is 1.43. The van der Waals surface area contributed by atoms with Crippen LogP contribution < -0.4 is 4.90 Å². The second kappa shape index (κ2) is 4.25. The first kappa shape index (κ1) is 14.3. The van der Waals surface area contributed by atoms with Crippen LogP contribution in [0.25, 0.3) is 0 Å². The van der Waals surface area contributed by atoms with Gasteiger partial charge in [-0.25, -0.2) is 0 Å². The Labute approximate surface area is 148 Å². The summed E-state index contributed by atoms with van der Waals surface area (Å²) in [6.07, 6.45) is 3.88. The first-order valence-corrected chi connectivity index (χ1v) is 9.68. The van der Waals surface area contributed by atoms with Gasteiger partial charge in [0.25, 0.3) is 0 Å². The number of carbonyl (C=O) groups is 2. The zero-order valence-corrected chi connectivity index (χ0v) is 14.7. The Morgan fingerprint density at radius 2 is 1.40 bits per heavy atom. The van der Waals surface area contributed by atoms with Gasteiger partial charge in [0.15, 0.2) is 0 Å². The van der Waals surface area contributed by atoms with Crippen molar-refractivity contribution in [3.05, 3.63) is 41.5 Å². The first-order chi connectivity index (χ1) is 12.0. The summed E-state index contributed by atoms with van der Waals surface area (Å²) in [6.45, 7) is 4.62. The molecule has 0 N–H and O–H groups in total. The van der Waals surface area contributed by atoms with E-state index in [4.69, 9.17) is 0 Å². The Kier molecular flexibility index (Phi) is 2.43. The summed E-state index contributed by atoms with van der Waals surface area (Å²) < 4.78 is 0. The number of anilines is 1. The number of allylic oxidation sites excluding steroid dienone is 2. The Morgan fingerprint density at radius 3 is 1.92 bits per heavy atom. The second-order valence-corrected chi connectivity index (χ2v) is 9.29. The molecule has 1 aromatic rings. The van der Waals surface area contributed by atoms with Crippen molar-refractivity contribution in [2.45, 2.75) is 33.1 Å². The zero-order valence-electron chi connectivity index (χ0n) is 14.7. The van der Waals surface area contributed by atoms with E-state index in [1.165, 1.54) is 24.2 Å². The van der Waals surface area contributed by atoms with Gasteiger partial charge in [0, 0.05) is 0 Å². The van der Waals surface area contributed by atoms with Gasteiger partial charge >= 0.3 is 0 Å². The van der Waals surface area contributed by atoms with E-state index in [2.05, 4.69) is 13.8 Å². The number of fused-ring (bicyclic) bond motifs is 11. The minimum Gasteiger partial charge on any atom is -0.274 e. The lowest BCUT2D eigenvalue weighted by atomic mass is 9.72. The van der Waals surface area contributed by atoms with Crippen molar-refractivity contribution in [2.75, 3.05) is 4.90 Å². The van der Waals surface area contributed by atoms with E-state index < -0.39 is 0 Å². The van der Waals surface area contributed by atoms with Gasteiger partial charge in [-0.15, -0.1) is 0 Å². The van der Waals surface area contributed by atoms with Crippen LogP contribution in [0.15, 0.2) is 41.5 Å². The van der Waals surface area contributed by atoms with Crippen molar-refractivity contribution >= 4 is 17.5 Å². The Balaban J connectivity index is 1.49. The molecule has 4 aliphatic carbocycles. The average molecular weight is 333 g/mol. The fourth-order valence-corrected chi connectivity index (χ4v) is 7.44. The van der Waals surface area contributed by atoms with Gasteiger partial charge in [-0.05, 0) is 60.5 Å². The van der Waals surface area contributed by atoms with E-state index >= 15 is 0 Å². The van der Waals surface area contributed by atoms with Crippen molar-refractivity contribution in [2.24, 2.45) is 40.9 Å². The molecule has 6 rings (SSSR count). The molecule has 4 bridgehead atoms. The van der Waals surface area contributed by atoms with Crippen LogP contribution in [-0.4, -0.2) is 11.8 Å². The van der Waals surface area contributed by atoms with Crippen molar-refractivity contribution in [1.82, 2.24) is 0 Å². The lowest BCUT2D eigenvalue weighted by molar-refractivity contribution is -0.124. The van der Waals surface area contributed by atoms with Crippen LogP contribution in [0.1, 0.15) is 33.1 Å². The van der Waals surface area contributed by atoms with Crippen LogP contribution in [0.5, 0.6) is 0 Å². The monoisotopic (exact) mass is 333 g/mol. The standard InChI is InChI=1S/C22H23NO2/c1-22(2)18-14-11-8-9-12(10-11)15(14)19(22)17-16(18)20(24)23(21(17)25)13-6-4-3-5-7-13/h3-7,11-12,16-19H,8-10H2,1-2H3/t11-,12-,16+,17+,18-,19-/m0/s1. The molecule has 25 heavy (non-hydrogen) atoms. The van der Waals surface area contributed by atoms with Crippen LogP contribution in [0.3, 0.4) is 0 Å². The first-order valence-electron chi connectivity index (χ1n) is 9.68. The van der Waals surface area contributed by atoms with Crippen molar-refractivity contribution < 1.29 is 9.59 Å². The Morgan fingerprint density at radius 1 is 0.880 bits per heavy atom. The van der Waals surface area contributed by atoms with Crippen molar-refractivity contribution in [3.63, 3.8) is 0 Å². The van der Waals surface area contributed by atoms with E-state index in [-0.39, 0.29) is 40.9 Å². The van der Waals surface area contributed by atoms with Gasteiger partial charge in [-0.2, -0.15) is 0 Å². The molecular weight excluding hydrogens is 310 g/mol. The van der Waals surface area contributed by atoms with Gasteiger partial charge in [0.1, 0.15) is 0 Å². The van der Waals surface area contributed by atoms with E-state index in [9.17, 15) is 9.59 Å². The highest BCUT2D eigenvalue weighted by atomic mass is 16.2. The van der Waals surface area contributed by atoms with E-state index in [0.29, 0.717) is 11.8 Å². The number of nitrogens with zero attached hydrogens (tertiary/aromatic N) is 1. The fourth-order valence-electron chi connectivity index (χ4n) is 7.44. The molecule has 0 unspecified atom stereocenters. The normalized spacial score (nSPS) is 42.6. The number of benzene rings is 1. The van der Waals surface area contributed by atoms with Crippen molar-refractivity contribution in [1.29, 1.82) is 0 Å². The van der Waals surface area contributed by atoms with Crippen LogP contribution >= 0.6 is 0 Å². The Hall–Kier alpha value is -1.90. The number of amides is 2. The van der Waals surface area contributed by atoms with Crippen molar-refractivity contribution in [3.8, 4) is 0 Å². The minimum absolute atomic E-state index is 0.0519. The summed E-state index contributed by atoms with van der Waals surface area (Å²) in [4.78, 5) is 28.2. The summed E-state index contributed by atoms with van der Waals surface area (Å²) in [6, 6.07) is 9.50. The van der Waals surface area contributed by atoms with Crippen LogP contribution in [0.2, 0.25) is 0 Å². The molecule has 3 fully saturated rings. The topological polar surface area (TPSA) is 37.4 Å². The van der Waals surface area contributed by atoms with Crippen LogP contribution in [0.4, 0.5) is 5.69 Å². The molecule has 0 radical (unpaired) electrons. The maximum absolute atomic E-state index is 13.4. The molecule has 5 aliphatic rings. The highest BCUT2D eigenvalue weighted by Crippen LogP contribution is 2.74. The molecule has 6 atom stereocenters. The summed E-state index contributed by atoms with van der Waals surface area (Å²) in [5, 5.41) is 0. The van der Waals surface area contributed by atoms with Gasteiger partial charge in [0.05, 0.1) is 17.5 Å². The van der Waals surface area contributed by atoms with Gasteiger partial charge < -0.3 is 0 Å². The summed E-state index contributed by atoms with van der Waals surface area (Å²) in [7, 11) is 0. The number of para-hydroxylation sites is 1. The summed E-state index contributed by atoms with van der Waals surface area (Å²) in [5.41, 5.74) is 4.04. The minimum atomic E-state index is -0.120. The van der Waals surface area contributed by atoms with Gasteiger partial charge in [-0.1, -0.05) is 43.2 Å². The molecule has 0 spiro atoms. The Bertz CT molecular complexity index is 804. The number of hydrogen-bond acceptors (Lipinski definition) is 2. The SMILES string of the molecule is CC1(C)[C@H]2C3=C([C@H]4CC[C@H]3C4)[C@H]1[C@@H]1C(=O)N(c3ccccc3)C(=O)[C@H]12. The van der Waals surface area contributed by atoms with E-state index in [1.54, 1.807) is 11.1 Å². The lowest BCUT2D eigenvalue weighted by Gasteiger charge is -2.32. The highest BCUT2D eigenvalue weighted by Gasteiger charge is 2.73. The number of carbonyl (C=O) groups excluding carboxylic acids is 2. The van der Waals surface area contributed by atoms with Crippen LogP contribution in [0, 0.1) is 40.9 Å². The van der Waals surface area contributed by atoms with E-state index in [1.807, 2.05) is 30.3 Å². The molecule has 3 heteroatoms. The molecular formula is C22H23NO2. The maximum atomic E-state index is 13.4. The molecule has 1 aliphatic heterocycles. The fraction of sp³-hybridized carbons (Fsp3) is 0.545. The predicted octanol–water partition coefficient (Wildman–Crippen LogP) is 3.80. The predicted molar refractivity (Wildman–Crippen MR) is 94.5 cm³/mol. The zero-order chi connectivity index (χ0) is 17.1. The lowest BCUT2D eigenvalue weighted by Crippen LogP contribution is -2.37. The largest absolute Gasteiger partial charge is 0.274 e. The van der Waals surface area contributed by atoms with Gasteiger partial charge in [0.2, 0.25) is 11.8 Å². The van der Waals surface area contributed by atoms with Gasteiger partial charge in [-0.3, -0.25) is 14.5 Å². The molecule has 0 aromatic heterocycles. The number of hydrogen-bond donors (Lipinski definition) is 0. The van der Waals surface area contributed by atoms with Crippen LogP contribution in [-0.2, 0) is 9.59 Å². The molecule has 2 amide bonds. The smallest absolute Gasteiger partial charge is 0.238 e.